The van der Waals surface area contributed by atoms with Crippen molar-refractivity contribution in [3.8, 4) is 0 Å². The lowest BCUT2D eigenvalue weighted by Gasteiger charge is -2.40. The van der Waals surface area contributed by atoms with Crippen molar-refractivity contribution in [2.24, 2.45) is 0 Å². The molecule has 0 aliphatic carbocycles. The third kappa shape index (κ3) is 5.94. The molecule has 0 aromatic carbocycles. The van der Waals surface area contributed by atoms with Crippen LogP contribution in [-0.4, -0.2) is 62.3 Å². The maximum Gasteiger partial charge on any atom is 0.414 e. The smallest absolute Gasteiger partial charge is 0.414 e. The predicted molar refractivity (Wildman–Crippen MR) is 106 cm³/mol. The summed E-state index contributed by atoms with van der Waals surface area (Å²) in [6.45, 7) is 16.8. The van der Waals surface area contributed by atoms with Crippen LogP contribution in [0, 0.1) is 0 Å². The molecule has 1 rings (SSSR count). The van der Waals surface area contributed by atoms with Crippen LogP contribution in [0.25, 0.3) is 0 Å². The number of methoxy groups -OCH3 is 1. The summed E-state index contributed by atoms with van der Waals surface area (Å²) in [5.74, 6) is -1.18. The van der Waals surface area contributed by atoms with Crippen molar-refractivity contribution in [3.05, 3.63) is 0 Å². The maximum absolute atomic E-state index is 12.9. The Hall–Kier alpha value is -1.61. The van der Waals surface area contributed by atoms with Crippen molar-refractivity contribution in [2.75, 3.05) is 7.11 Å². The van der Waals surface area contributed by atoms with Gasteiger partial charge in [-0.1, -0.05) is 20.8 Å². The van der Waals surface area contributed by atoms with Gasteiger partial charge < -0.3 is 18.6 Å². The Morgan fingerprint density at radius 1 is 1.04 bits per heavy atom. The van der Waals surface area contributed by atoms with Gasteiger partial charge in [-0.3, -0.25) is 9.69 Å². The van der Waals surface area contributed by atoms with Crippen LogP contribution in [0.15, 0.2) is 0 Å². The standard InChI is InChI=1S/C19H35NO7Si/c1-12(21)25-15-14(27-28(9,10)19(5,6)7)11-13(16(22)24-8)20(15)17(23)26-18(2,3)4/h13-15H,11H2,1-10H3/t13-,14+,15?/m0/s1. The summed E-state index contributed by atoms with van der Waals surface area (Å²) in [6.07, 6.45) is -2.31. The molecule has 0 bridgehead atoms. The van der Waals surface area contributed by atoms with Crippen LogP contribution in [0.5, 0.6) is 0 Å². The van der Waals surface area contributed by atoms with Crippen LogP contribution in [0.3, 0.4) is 0 Å². The molecule has 1 aliphatic rings. The molecular formula is C19H35NO7Si. The molecule has 9 heteroatoms. The molecule has 1 aliphatic heterocycles. The van der Waals surface area contributed by atoms with Gasteiger partial charge in [0.2, 0.25) is 6.23 Å². The van der Waals surface area contributed by atoms with Crippen LogP contribution >= 0.6 is 0 Å². The molecule has 0 aromatic heterocycles. The number of carbonyl (C=O) groups is 3. The first-order valence-electron chi connectivity index (χ1n) is 9.44. The Kier molecular flexibility index (Phi) is 7.33. The molecule has 28 heavy (non-hydrogen) atoms. The first kappa shape index (κ1) is 24.4. The van der Waals surface area contributed by atoms with E-state index in [0.29, 0.717) is 0 Å². The Bertz CT molecular complexity index is 606. The number of rotatable bonds is 4. The topological polar surface area (TPSA) is 91.4 Å². The first-order chi connectivity index (χ1) is 12.5. The normalized spacial score (nSPS) is 23.4. The summed E-state index contributed by atoms with van der Waals surface area (Å²) >= 11 is 0. The number of hydrogen-bond acceptors (Lipinski definition) is 7. The van der Waals surface area contributed by atoms with E-state index in [4.69, 9.17) is 18.6 Å². The molecule has 1 heterocycles. The molecule has 0 N–H and O–H groups in total. The molecule has 1 fully saturated rings. The van der Waals surface area contributed by atoms with Gasteiger partial charge in [0.05, 0.1) is 7.11 Å². The van der Waals surface area contributed by atoms with Gasteiger partial charge >= 0.3 is 18.0 Å². The third-order valence-corrected chi connectivity index (χ3v) is 9.50. The molecular weight excluding hydrogens is 382 g/mol. The van der Waals surface area contributed by atoms with Crippen LogP contribution in [0.1, 0.15) is 54.9 Å². The summed E-state index contributed by atoms with van der Waals surface area (Å²) < 4.78 is 22.2. The number of carbonyl (C=O) groups excluding carboxylic acids is 3. The van der Waals surface area contributed by atoms with Gasteiger partial charge in [-0.2, -0.15) is 0 Å². The van der Waals surface area contributed by atoms with E-state index in [2.05, 4.69) is 33.9 Å². The third-order valence-electron chi connectivity index (χ3n) is 5.00. The van der Waals surface area contributed by atoms with Crippen molar-refractivity contribution < 1.29 is 33.0 Å². The highest BCUT2D eigenvalue weighted by Crippen LogP contribution is 2.41. The summed E-state index contributed by atoms with van der Waals surface area (Å²) in [5.41, 5.74) is -0.781. The maximum atomic E-state index is 12.9. The molecule has 0 radical (unpaired) electrons. The van der Waals surface area contributed by atoms with E-state index in [0.717, 1.165) is 4.90 Å². The number of esters is 2. The minimum atomic E-state index is -2.27. The second-order valence-electron chi connectivity index (χ2n) is 9.58. The van der Waals surface area contributed by atoms with Gasteiger partial charge in [-0.25, -0.2) is 9.59 Å². The van der Waals surface area contributed by atoms with Crippen molar-refractivity contribution in [1.29, 1.82) is 0 Å². The second-order valence-corrected chi connectivity index (χ2v) is 14.3. The van der Waals surface area contributed by atoms with Crippen molar-refractivity contribution in [1.82, 2.24) is 4.90 Å². The molecule has 1 saturated heterocycles. The van der Waals surface area contributed by atoms with E-state index in [-0.39, 0.29) is 11.5 Å². The number of amides is 1. The van der Waals surface area contributed by atoms with Crippen LogP contribution in [-0.2, 0) is 28.2 Å². The highest BCUT2D eigenvalue weighted by atomic mass is 28.4. The number of likely N-dealkylation sites (tertiary alicyclic amines) is 1. The summed E-state index contributed by atoms with van der Waals surface area (Å²) in [5, 5.41) is -0.103. The monoisotopic (exact) mass is 417 g/mol. The molecule has 1 amide bonds. The van der Waals surface area contributed by atoms with Gasteiger partial charge in [0.1, 0.15) is 17.7 Å². The van der Waals surface area contributed by atoms with Gasteiger partial charge in [-0.05, 0) is 38.9 Å². The number of ether oxygens (including phenoxy) is 3. The minimum Gasteiger partial charge on any atom is -0.467 e. The summed E-state index contributed by atoms with van der Waals surface area (Å²) in [4.78, 5) is 38.1. The van der Waals surface area contributed by atoms with E-state index in [9.17, 15) is 14.4 Å². The largest absolute Gasteiger partial charge is 0.467 e. The van der Waals surface area contributed by atoms with Gasteiger partial charge in [-0.15, -0.1) is 0 Å². The summed E-state index contributed by atoms with van der Waals surface area (Å²) in [6, 6.07) is -0.959. The highest BCUT2D eigenvalue weighted by molar-refractivity contribution is 6.74. The van der Waals surface area contributed by atoms with Gasteiger partial charge in [0, 0.05) is 13.3 Å². The van der Waals surface area contributed by atoms with Crippen LogP contribution in [0.2, 0.25) is 18.1 Å². The average molecular weight is 418 g/mol. The Labute approximate surface area is 169 Å². The lowest BCUT2D eigenvalue weighted by Crippen LogP contribution is -2.52. The predicted octanol–water partition coefficient (Wildman–Crippen LogP) is 3.45. The van der Waals surface area contributed by atoms with E-state index in [1.165, 1.54) is 14.0 Å². The van der Waals surface area contributed by atoms with Crippen LogP contribution < -0.4 is 0 Å². The zero-order valence-corrected chi connectivity index (χ0v) is 19.7. The van der Waals surface area contributed by atoms with E-state index in [1.807, 2.05) is 0 Å². The number of hydrogen-bond donors (Lipinski definition) is 0. The van der Waals surface area contributed by atoms with E-state index in [1.54, 1.807) is 20.8 Å². The SMILES string of the molecule is COC(=O)[C@@H]1C[C@@H](O[Si](C)(C)C(C)(C)C)C(OC(C)=O)N1C(=O)OC(C)(C)C. The minimum absolute atomic E-state index is 0.103. The molecule has 162 valence electrons. The Balaban J connectivity index is 3.31. The molecule has 3 atom stereocenters. The molecule has 0 spiro atoms. The van der Waals surface area contributed by atoms with Gasteiger partial charge in [0.15, 0.2) is 8.32 Å². The number of nitrogens with zero attached hydrogens (tertiary/aromatic N) is 1. The van der Waals surface area contributed by atoms with E-state index >= 15 is 0 Å². The van der Waals surface area contributed by atoms with Crippen molar-refractivity contribution in [2.45, 2.75) is 97.0 Å². The lowest BCUT2D eigenvalue weighted by atomic mass is 10.2. The Morgan fingerprint density at radius 3 is 1.96 bits per heavy atom. The second kappa shape index (κ2) is 8.40. The average Bonchev–Trinajstić information content (AvgIpc) is 2.80. The summed E-state index contributed by atoms with van der Waals surface area (Å²) in [7, 11) is -1.02. The van der Waals surface area contributed by atoms with Crippen molar-refractivity contribution in [3.63, 3.8) is 0 Å². The fourth-order valence-electron chi connectivity index (χ4n) is 2.66. The zero-order chi connectivity index (χ0) is 22.1. The first-order valence-corrected chi connectivity index (χ1v) is 12.3. The highest BCUT2D eigenvalue weighted by Gasteiger charge is 2.54. The zero-order valence-electron chi connectivity index (χ0n) is 18.7. The Morgan fingerprint density at radius 2 is 1.57 bits per heavy atom. The molecule has 0 aromatic rings. The molecule has 1 unspecified atom stereocenters. The van der Waals surface area contributed by atoms with Crippen LogP contribution in [0.4, 0.5) is 4.79 Å². The van der Waals surface area contributed by atoms with Gasteiger partial charge in [0.25, 0.3) is 0 Å². The fourth-order valence-corrected chi connectivity index (χ4v) is 3.99. The quantitative estimate of drug-likeness (QED) is 0.393. The molecule has 0 saturated carbocycles. The molecule has 8 nitrogen and oxygen atoms in total. The van der Waals surface area contributed by atoms with E-state index < -0.39 is 50.3 Å². The fraction of sp³-hybridized carbons (Fsp3) is 0.842. The lowest BCUT2D eigenvalue weighted by molar-refractivity contribution is -0.164. The van der Waals surface area contributed by atoms with Crippen molar-refractivity contribution >= 4 is 26.3 Å².